The van der Waals surface area contributed by atoms with Crippen molar-refractivity contribution in [2.24, 2.45) is 0 Å². The van der Waals surface area contributed by atoms with Crippen molar-refractivity contribution in [2.75, 3.05) is 7.11 Å². The summed E-state index contributed by atoms with van der Waals surface area (Å²) in [7, 11) is 1.32. The molecule has 0 aliphatic rings. The van der Waals surface area contributed by atoms with E-state index in [0.29, 0.717) is 15.4 Å². The van der Waals surface area contributed by atoms with Gasteiger partial charge in [-0.1, -0.05) is 0 Å². The Bertz CT molecular complexity index is 674. The van der Waals surface area contributed by atoms with Crippen LogP contribution < -0.4 is 0 Å². The van der Waals surface area contributed by atoms with Crippen molar-refractivity contribution in [1.29, 1.82) is 0 Å². The molecule has 6 heteroatoms. The lowest BCUT2D eigenvalue weighted by Gasteiger charge is -2.11. The molecule has 0 spiro atoms. The number of halogens is 3. The van der Waals surface area contributed by atoms with Gasteiger partial charge in [0.05, 0.1) is 19.0 Å². The van der Waals surface area contributed by atoms with Gasteiger partial charge in [-0.05, 0) is 52.2 Å². The first-order chi connectivity index (χ1) is 9.43. The minimum absolute atomic E-state index is 0.120. The van der Waals surface area contributed by atoms with Crippen molar-refractivity contribution in [3.63, 3.8) is 0 Å². The van der Waals surface area contributed by atoms with Crippen molar-refractivity contribution in [2.45, 2.75) is 19.8 Å². The number of aromatic nitrogens is 1. The molecule has 1 aromatic heterocycles. The van der Waals surface area contributed by atoms with E-state index in [4.69, 9.17) is 0 Å². The third-order valence-corrected chi connectivity index (χ3v) is 3.96. The lowest BCUT2D eigenvalue weighted by atomic mass is 10.0. The average Bonchev–Trinajstić information content (AvgIpc) is 2.42. The van der Waals surface area contributed by atoms with Crippen molar-refractivity contribution >= 4 is 32.8 Å². The van der Waals surface area contributed by atoms with Crippen LogP contribution in [-0.4, -0.2) is 18.1 Å². The van der Waals surface area contributed by atoms with Gasteiger partial charge in [-0.15, -0.1) is 0 Å². The first-order valence-electron chi connectivity index (χ1n) is 5.87. The standard InChI is InChI=1S/C14H12BrF2NO2/c1-7-5-11-8(3-4-10(18-11)14(16)17)13(15)9(7)6-12(19)20-2/h3-5,14H,6H2,1-2H3. The van der Waals surface area contributed by atoms with Gasteiger partial charge >= 0.3 is 5.97 Å². The van der Waals surface area contributed by atoms with Crippen molar-refractivity contribution < 1.29 is 18.3 Å². The Morgan fingerprint density at radius 3 is 2.75 bits per heavy atom. The Labute approximate surface area is 123 Å². The van der Waals surface area contributed by atoms with Gasteiger partial charge in [-0.25, -0.2) is 13.8 Å². The summed E-state index contributed by atoms with van der Waals surface area (Å²) < 4.78 is 30.7. The van der Waals surface area contributed by atoms with Crippen LogP contribution in [0.4, 0.5) is 8.78 Å². The molecule has 1 aromatic carbocycles. The molecule has 0 saturated carbocycles. The van der Waals surface area contributed by atoms with Crippen LogP contribution in [0.5, 0.6) is 0 Å². The SMILES string of the molecule is COC(=O)Cc1c(C)cc2nc(C(F)F)ccc2c1Br. The summed E-state index contributed by atoms with van der Waals surface area (Å²) in [6, 6.07) is 4.56. The monoisotopic (exact) mass is 343 g/mol. The molecular formula is C14H12BrF2NO2. The number of methoxy groups -OCH3 is 1. The lowest BCUT2D eigenvalue weighted by molar-refractivity contribution is -0.139. The minimum atomic E-state index is -2.60. The first-order valence-corrected chi connectivity index (χ1v) is 6.67. The molecule has 20 heavy (non-hydrogen) atoms. The summed E-state index contributed by atoms with van der Waals surface area (Å²) in [4.78, 5) is 15.3. The van der Waals surface area contributed by atoms with Gasteiger partial charge in [0.1, 0.15) is 5.69 Å². The fourth-order valence-electron chi connectivity index (χ4n) is 1.97. The topological polar surface area (TPSA) is 39.2 Å². The number of nitrogens with zero attached hydrogens (tertiary/aromatic N) is 1. The molecule has 3 nitrogen and oxygen atoms in total. The molecule has 106 valence electrons. The molecule has 0 radical (unpaired) electrons. The number of alkyl halides is 2. The second-order valence-corrected chi connectivity index (χ2v) is 5.14. The van der Waals surface area contributed by atoms with Crippen molar-refractivity contribution in [3.05, 3.63) is 39.5 Å². The zero-order valence-corrected chi connectivity index (χ0v) is 12.5. The molecule has 2 rings (SSSR count). The van der Waals surface area contributed by atoms with E-state index in [-0.39, 0.29) is 18.1 Å². The second-order valence-electron chi connectivity index (χ2n) is 4.34. The quantitative estimate of drug-likeness (QED) is 0.792. The Kier molecular flexibility index (Phi) is 4.32. The molecule has 0 atom stereocenters. The van der Waals surface area contributed by atoms with Gasteiger partial charge in [-0.2, -0.15) is 0 Å². The highest BCUT2D eigenvalue weighted by atomic mass is 79.9. The van der Waals surface area contributed by atoms with Gasteiger partial charge in [0.25, 0.3) is 6.43 Å². The molecule has 0 amide bonds. The maximum atomic E-state index is 12.7. The number of esters is 1. The summed E-state index contributed by atoms with van der Waals surface area (Å²) in [5.74, 6) is -0.356. The number of carbonyl (C=O) groups is 1. The molecule has 0 N–H and O–H groups in total. The van der Waals surface area contributed by atoms with Crippen LogP contribution >= 0.6 is 15.9 Å². The Balaban J connectivity index is 2.58. The number of rotatable bonds is 3. The van der Waals surface area contributed by atoms with Crippen LogP contribution in [0.3, 0.4) is 0 Å². The van der Waals surface area contributed by atoms with Gasteiger partial charge in [0.15, 0.2) is 0 Å². The summed E-state index contributed by atoms with van der Waals surface area (Å²) in [5.41, 5.74) is 1.79. The molecule has 0 aliphatic heterocycles. The van der Waals surface area contributed by atoms with Gasteiger partial charge in [0.2, 0.25) is 0 Å². The fourth-order valence-corrected chi connectivity index (χ4v) is 2.76. The van der Waals surface area contributed by atoms with Crippen molar-refractivity contribution in [1.82, 2.24) is 4.98 Å². The van der Waals surface area contributed by atoms with Crippen molar-refractivity contribution in [3.8, 4) is 0 Å². The Hall–Kier alpha value is -1.56. The lowest BCUT2D eigenvalue weighted by Crippen LogP contribution is -2.07. The predicted octanol–water partition coefficient (Wildman–Crippen LogP) is 3.96. The normalized spacial score (nSPS) is 11.1. The zero-order chi connectivity index (χ0) is 14.9. The van der Waals surface area contributed by atoms with Gasteiger partial charge in [-0.3, -0.25) is 4.79 Å². The number of pyridine rings is 1. The van der Waals surface area contributed by atoms with Crippen LogP contribution in [0.15, 0.2) is 22.7 Å². The predicted molar refractivity (Wildman–Crippen MR) is 74.9 cm³/mol. The van der Waals surface area contributed by atoms with E-state index in [1.165, 1.54) is 13.2 Å². The number of hydrogen-bond donors (Lipinski definition) is 0. The molecule has 0 aliphatic carbocycles. The summed E-state index contributed by atoms with van der Waals surface area (Å²) >= 11 is 3.42. The zero-order valence-electron chi connectivity index (χ0n) is 10.9. The van der Waals surface area contributed by atoms with E-state index < -0.39 is 6.43 Å². The van der Waals surface area contributed by atoms with E-state index in [1.807, 2.05) is 0 Å². The van der Waals surface area contributed by atoms with Crippen LogP contribution in [0.2, 0.25) is 0 Å². The highest BCUT2D eigenvalue weighted by Gasteiger charge is 2.16. The molecule has 1 heterocycles. The van der Waals surface area contributed by atoms with E-state index in [2.05, 4.69) is 25.7 Å². The highest BCUT2D eigenvalue weighted by Crippen LogP contribution is 2.31. The highest BCUT2D eigenvalue weighted by molar-refractivity contribution is 9.10. The summed E-state index contributed by atoms with van der Waals surface area (Å²) in [6.07, 6.45) is -2.48. The average molecular weight is 344 g/mol. The number of aryl methyl sites for hydroxylation is 1. The molecule has 0 bridgehead atoms. The van der Waals surface area contributed by atoms with Crippen LogP contribution in [0, 0.1) is 6.92 Å². The summed E-state index contributed by atoms with van der Waals surface area (Å²) in [6.45, 7) is 1.80. The molecule has 0 fully saturated rings. The van der Waals surface area contributed by atoms with E-state index in [1.54, 1.807) is 19.1 Å². The maximum Gasteiger partial charge on any atom is 0.310 e. The molecular weight excluding hydrogens is 332 g/mol. The Morgan fingerprint density at radius 1 is 1.45 bits per heavy atom. The smallest absolute Gasteiger partial charge is 0.310 e. The minimum Gasteiger partial charge on any atom is -0.469 e. The number of carbonyl (C=O) groups excluding carboxylic acids is 1. The van der Waals surface area contributed by atoms with E-state index >= 15 is 0 Å². The molecule has 2 aromatic rings. The number of ether oxygens (including phenoxy) is 1. The van der Waals surface area contributed by atoms with Crippen LogP contribution in [-0.2, 0) is 16.0 Å². The first kappa shape index (κ1) is 14.8. The number of benzene rings is 1. The van der Waals surface area contributed by atoms with Gasteiger partial charge < -0.3 is 4.74 Å². The second kappa shape index (κ2) is 5.83. The molecule has 0 saturated heterocycles. The molecule has 0 unspecified atom stereocenters. The Morgan fingerprint density at radius 2 is 2.15 bits per heavy atom. The largest absolute Gasteiger partial charge is 0.469 e. The number of fused-ring (bicyclic) bond motifs is 1. The number of hydrogen-bond acceptors (Lipinski definition) is 3. The van der Waals surface area contributed by atoms with E-state index in [9.17, 15) is 13.6 Å². The fraction of sp³-hybridized carbons (Fsp3) is 0.286. The van der Waals surface area contributed by atoms with Crippen LogP contribution in [0.25, 0.3) is 10.9 Å². The van der Waals surface area contributed by atoms with Crippen LogP contribution in [0.1, 0.15) is 23.2 Å². The third kappa shape index (κ3) is 2.80. The third-order valence-electron chi connectivity index (χ3n) is 3.05. The van der Waals surface area contributed by atoms with E-state index in [0.717, 1.165) is 11.1 Å². The maximum absolute atomic E-state index is 12.7. The summed E-state index contributed by atoms with van der Waals surface area (Å²) in [5, 5.41) is 0.693. The van der Waals surface area contributed by atoms with Gasteiger partial charge in [0, 0.05) is 9.86 Å².